The first-order valence-electron chi connectivity index (χ1n) is 6.47. The van der Waals surface area contributed by atoms with Crippen LogP contribution in [0.5, 0.6) is 5.75 Å². The summed E-state index contributed by atoms with van der Waals surface area (Å²) in [5.41, 5.74) is 0.717. The molecule has 1 rings (SSSR count). The SMILES string of the molecule is CCC(CC)NC(=O)CNc1cc(Cl)ccc1OC. The van der Waals surface area contributed by atoms with Crippen LogP contribution >= 0.6 is 11.6 Å². The number of hydrogen-bond acceptors (Lipinski definition) is 3. The molecule has 0 saturated carbocycles. The normalized spacial score (nSPS) is 10.4. The molecule has 0 heterocycles. The molecule has 0 fully saturated rings. The van der Waals surface area contributed by atoms with Crippen LogP contribution in [0.25, 0.3) is 0 Å². The summed E-state index contributed by atoms with van der Waals surface area (Å²) in [4.78, 5) is 11.8. The molecule has 5 heteroatoms. The minimum absolute atomic E-state index is 0.0317. The van der Waals surface area contributed by atoms with E-state index in [1.807, 2.05) is 0 Å². The van der Waals surface area contributed by atoms with Gasteiger partial charge in [0, 0.05) is 11.1 Å². The molecule has 0 bridgehead atoms. The van der Waals surface area contributed by atoms with Gasteiger partial charge in [-0.05, 0) is 31.0 Å². The lowest BCUT2D eigenvalue weighted by atomic mass is 10.2. The van der Waals surface area contributed by atoms with Crippen LogP contribution in [-0.2, 0) is 4.79 Å². The average Bonchev–Trinajstić information content (AvgIpc) is 2.42. The standard InChI is InChI=1S/C14H21ClN2O2/c1-4-11(5-2)17-14(18)9-16-12-8-10(15)6-7-13(12)19-3/h6-8,11,16H,4-5,9H2,1-3H3,(H,17,18). The Morgan fingerprint density at radius 2 is 2.05 bits per heavy atom. The molecule has 0 aliphatic carbocycles. The van der Waals surface area contributed by atoms with Crippen LogP contribution in [0, 0.1) is 0 Å². The second-order valence-corrected chi connectivity index (χ2v) is 4.72. The summed E-state index contributed by atoms with van der Waals surface area (Å²) in [6, 6.07) is 5.49. The highest BCUT2D eigenvalue weighted by Crippen LogP contribution is 2.27. The van der Waals surface area contributed by atoms with Crippen molar-refractivity contribution in [2.45, 2.75) is 32.7 Å². The number of ether oxygens (including phenoxy) is 1. The van der Waals surface area contributed by atoms with Gasteiger partial charge >= 0.3 is 0 Å². The second kappa shape index (κ2) is 7.89. The molecule has 0 unspecified atom stereocenters. The summed E-state index contributed by atoms with van der Waals surface area (Å²) in [6.45, 7) is 4.32. The Balaban J connectivity index is 2.56. The van der Waals surface area contributed by atoms with Gasteiger partial charge in [-0.25, -0.2) is 0 Å². The van der Waals surface area contributed by atoms with E-state index in [2.05, 4.69) is 24.5 Å². The molecule has 19 heavy (non-hydrogen) atoms. The minimum Gasteiger partial charge on any atom is -0.495 e. The Labute approximate surface area is 119 Å². The molecule has 0 aromatic heterocycles. The third-order valence-electron chi connectivity index (χ3n) is 2.95. The number of rotatable bonds is 7. The van der Waals surface area contributed by atoms with Crippen molar-refractivity contribution in [3.8, 4) is 5.75 Å². The van der Waals surface area contributed by atoms with E-state index >= 15 is 0 Å². The van der Waals surface area contributed by atoms with E-state index in [4.69, 9.17) is 16.3 Å². The van der Waals surface area contributed by atoms with Gasteiger partial charge in [-0.1, -0.05) is 25.4 Å². The van der Waals surface area contributed by atoms with Crippen LogP contribution in [0.2, 0.25) is 5.02 Å². The Morgan fingerprint density at radius 3 is 2.63 bits per heavy atom. The van der Waals surface area contributed by atoms with Gasteiger partial charge in [0.05, 0.1) is 19.3 Å². The van der Waals surface area contributed by atoms with E-state index in [1.165, 1.54) is 0 Å². The number of methoxy groups -OCH3 is 1. The van der Waals surface area contributed by atoms with Crippen LogP contribution < -0.4 is 15.4 Å². The number of hydrogen-bond donors (Lipinski definition) is 2. The zero-order valence-electron chi connectivity index (χ0n) is 11.6. The lowest BCUT2D eigenvalue weighted by Gasteiger charge is -2.16. The first kappa shape index (κ1) is 15.6. The van der Waals surface area contributed by atoms with Gasteiger partial charge in [-0.15, -0.1) is 0 Å². The fraction of sp³-hybridized carbons (Fsp3) is 0.500. The highest BCUT2D eigenvalue weighted by Gasteiger charge is 2.09. The van der Waals surface area contributed by atoms with Gasteiger partial charge in [0.25, 0.3) is 0 Å². The molecule has 0 spiro atoms. The molecule has 4 nitrogen and oxygen atoms in total. The lowest BCUT2D eigenvalue weighted by Crippen LogP contribution is -2.37. The predicted octanol–water partition coefficient (Wildman–Crippen LogP) is 3.07. The largest absolute Gasteiger partial charge is 0.495 e. The molecule has 2 N–H and O–H groups in total. The maximum absolute atomic E-state index is 11.8. The van der Waals surface area contributed by atoms with Crippen molar-refractivity contribution in [3.63, 3.8) is 0 Å². The van der Waals surface area contributed by atoms with Crippen molar-refractivity contribution in [1.82, 2.24) is 5.32 Å². The molecule has 0 atom stereocenters. The highest BCUT2D eigenvalue weighted by molar-refractivity contribution is 6.30. The molecule has 1 aromatic rings. The van der Waals surface area contributed by atoms with E-state index in [9.17, 15) is 4.79 Å². The first-order chi connectivity index (χ1) is 9.10. The number of halogens is 1. The quantitative estimate of drug-likeness (QED) is 0.809. The summed E-state index contributed by atoms with van der Waals surface area (Å²) < 4.78 is 5.20. The fourth-order valence-corrected chi connectivity index (χ4v) is 1.94. The first-order valence-corrected chi connectivity index (χ1v) is 6.85. The number of anilines is 1. The summed E-state index contributed by atoms with van der Waals surface area (Å²) in [6.07, 6.45) is 1.87. The number of carbonyl (C=O) groups excluding carboxylic acids is 1. The van der Waals surface area contributed by atoms with Gasteiger partial charge in [-0.2, -0.15) is 0 Å². The van der Waals surface area contributed by atoms with Gasteiger partial charge in [-0.3, -0.25) is 4.79 Å². The Bertz CT molecular complexity index is 420. The summed E-state index contributed by atoms with van der Waals surface area (Å²) in [5, 5.41) is 6.60. The Kier molecular flexibility index (Phi) is 6.50. The van der Waals surface area contributed by atoms with Crippen LogP contribution in [0.3, 0.4) is 0 Å². The molecule has 1 amide bonds. The van der Waals surface area contributed by atoms with Crippen LogP contribution in [0.4, 0.5) is 5.69 Å². The second-order valence-electron chi connectivity index (χ2n) is 4.28. The molecule has 0 aliphatic heterocycles. The monoisotopic (exact) mass is 284 g/mol. The number of nitrogens with one attached hydrogen (secondary N) is 2. The number of carbonyl (C=O) groups is 1. The maximum atomic E-state index is 11.8. The van der Waals surface area contributed by atoms with Crippen molar-refractivity contribution in [2.24, 2.45) is 0 Å². The molecule has 106 valence electrons. The lowest BCUT2D eigenvalue weighted by molar-refractivity contribution is -0.120. The number of benzene rings is 1. The molecule has 0 aliphatic rings. The average molecular weight is 285 g/mol. The number of amides is 1. The van der Waals surface area contributed by atoms with Crippen LogP contribution in [0.15, 0.2) is 18.2 Å². The van der Waals surface area contributed by atoms with Crippen LogP contribution in [0.1, 0.15) is 26.7 Å². The molecule has 0 radical (unpaired) electrons. The van der Waals surface area contributed by atoms with Crippen molar-refractivity contribution in [3.05, 3.63) is 23.2 Å². The van der Waals surface area contributed by atoms with Crippen LogP contribution in [-0.4, -0.2) is 25.6 Å². The molecule has 1 aromatic carbocycles. The minimum atomic E-state index is -0.0317. The topological polar surface area (TPSA) is 50.4 Å². The van der Waals surface area contributed by atoms with E-state index < -0.39 is 0 Å². The van der Waals surface area contributed by atoms with E-state index in [1.54, 1.807) is 25.3 Å². The van der Waals surface area contributed by atoms with Crippen molar-refractivity contribution in [2.75, 3.05) is 19.0 Å². The third-order valence-corrected chi connectivity index (χ3v) is 3.19. The molecular formula is C14H21ClN2O2. The predicted molar refractivity (Wildman–Crippen MR) is 79.0 cm³/mol. The van der Waals surface area contributed by atoms with E-state index in [-0.39, 0.29) is 18.5 Å². The molecular weight excluding hydrogens is 264 g/mol. The zero-order valence-corrected chi connectivity index (χ0v) is 12.4. The Morgan fingerprint density at radius 1 is 1.37 bits per heavy atom. The van der Waals surface area contributed by atoms with Crippen molar-refractivity contribution >= 4 is 23.2 Å². The zero-order chi connectivity index (χ0) is 14.3. The fourth-order valence-electron chi connectivity index (χ4n) is 1.77. The highest BCUT2D eigenvalue weighted by atomic mass is 35.5. The summed E-state index contributed by atoms with van der Waals surface area (Å²) in [7, 11) is 1.58. The molecule has 0 saturated heterocycles. The Hall–Kier alpha value is -1.42. The smallest absolute Gasteiger partial charge is 0.239 e. The van der Waals surface area contributed by atoms with Gasteiger partial charge in [0.15, 0.2) is 0 Å². The van der Waals surface area contributed by atoms with Crippen molar-refractivity contribution in [1.29, 1.82) is 0 Å². The maximum Gasteiger partial charge on any atom is 0.239 e. The van der Waals surface area contributed by atoms with Crippen molar-refractivity contribution < 1.29 is 9.53 Å². The van der Waals surface area contributed by atoms with Gasteiger partial charge in [0.1, 0.15) is 5.75 Å². The summed E-state index contributed by atoms with van der Waals surface area (Å²) in [5.74, 6) is 0.635. The van der Waals surface area contributed by atoms with Gasteiger partial charge in [0.2, 0.25) is 5.91 Å². The van der Waals surface area contributed by atoms with Gasteiger partial charge < -0.3 is 15.4 Å². The third kappa shape index (κ3) is 4.99. The van der Waals surface area contributed by atoms with E-state index in [0.717, 1.165) is 18.5 Å². The summed E-state index contributed by atoms with van der Waals surface area (Å²) >= 11 is 5.92. The van der Waals surface area contributed by atoms with E-state index in [0.29, 0.717) is 10.8 Å².